The highest BCUT2D eigenvalue weighted by Gasteiger charge is 2.52. The van der Waals surface area contributed by atoms with Crippen molar-refractivity contribution in [1.29, 1.82) is 0 Å². The van der Waals surface area contributed by atoms with E-state index in [-0.39, 0.29) is 25.0 Å². The van der Waals surface area contributed by atoms with E-state index in [1.807, 2.05) is 96.1 Å². The van der Waals surface area contributed by atoms with Crippen LogP contribution in [0, 0.1) is 23.7 Å². The SMILES string of the molecule is CCC1OC(=O)C(C)C(OC(C)=O)C(C)C(OC2OC(C)CC(N(C)C)C2O)C(C)(OC)CC(C)C(=NN=C(C)c2ccc(-c3ccccc3)cc2)C(C)C(O)C1(C)O. The third-order valence-electron chi connectivity index (χ3n) is 12.5. The smallest absolute Gasteiger partial charge is 0.312 e. The van der Waals surface area contributed by atoms with Crippen LogP contribution in [-0.2, 0) is 33.3 Å². The normalized spacial score (nSPS) is 37.5. The Morgan fingerprint density at radius 2 is 1.56 bits per heavy atom. The van der Waals surface area contributed by atoms with Gasteiger partial charge in [-0.2, -0.15) is 10.2 Å². The molecule has 0 amide bonds. The highest BCUT2D eigenvalue weighted by molar-refractivity contribution is 6.00. The number of likely N-dealkylation sites (N-methyl/N-ethyl adjacent to an activating group) is 1. The summed E-state index contributed by atoms with van der Waals surface area (Å²) in [7, 11) is 5.33. The minimum Gasteiger partial charge on any atom is -0.461 e. The van der Waals surface area contributed by atoms with E-state index in [1.54, 1.807) is 27.9 Å². The first kappa shape index (κ1) is 48.1. The van der Waals surface area contributed by atoms with Gasteiger partial charge in [0.15, 0.2) is 6.29 Å². The number of esters is 2. The number of aliphatic hydroxyl groups is 3. The predicted molar refractivity (Wildman–Crippen MR) is 228 cm³/mol. The fraction of sp³-hybridized carbons (Fsp3) is 0.652. The van der Waals surface area contributed by atoms with Crippen molar-refractivity contribution in [2.45, 2.75) is 149 Å². The molecule has 0 saturated carbocycles. The van der Waals surface area contributed by atoms with Crippen LogP contribution in [0.3, 0.4) is 0 Å². The number of hydrogen-bond acceptors (Lipinski definition) is 13. The minimum atomic E-state index is -1.92. The van der Waals surface area contributed by atoms with Crippen molar-refractivity contribution in [3.63, 3.8) is 0 Å². The molecule has 13 heteroatoms. The zero-order valence-electron chi connectivity index (χ0n) is 37.3. The number of aliphatic hydroxyl groups excluding tert-OH is 2. The van der Waals surface area contributed by atoms with Gasteiger partial charge < -0.3 is 43.9 Å². The lowest BCUT2D eigenvalue weighted by atomic mass is 9.73. The number of ether oxygens (including phenoxy) is 5. The summed E-state index contributed by atoms with van der Waals surface area (Å²) in [4.78, 5) is 28.7. The van der Waals surface area contributed by atoms with Crippen molar-refractivity contribution in [3.8, 4) is 11.1 Å². The zero-order chi connectivity index (χ0) is 44.0. The molecule has 0 bridgehead atoms. The van der Waals surface area contributed by atoms with Crippen molar-refractivity contribution in [2.24, 2.45) is 33.9 Å². The van der Waals surface area contributed by atoms with Crippen LogP contribution >= 0.6 is 0 Å². The molecule has 2 heterocycles. The lowest BCUT2D eigenvalue weighted by Gasteiger charge is -2.48. The van der Waals surface area contributed by atoms with Gasteiger partial charge in [-0.05, 0) is 90.6 Å². The molecule has 14 atom stereocenters. The Morgan fingerprint density at radius 3 is 2.12 bits per heavy atom. The summed E-state index contributed by atoms with van der Waals surface area (Å²) in [5, 5.41) is 45.2. The summed E-state index contributed by atoms with van der Waals surface area (Å²) in [6, 6.07) is 17.8. The van der Waals surface area contributed by atoms with Gasteiger partial charge in [-0.1, -0.05) is 82.3 Å². The third kappa shape index (κ3) is 11.2. The van der Waals surface area contributed by atoms with E-state index in [0.29, 0.717) is 17.8 Å². The van der Waals surface area contributed by atoms with Gasteiger partial charge in [0.25, 0.3) is 0 Å². The van der Waals surface area contributed by atoms with Crippen LogP contribution < -0.4 is 0 Å². The number of nitrogens with zero attached hydrogens (tertiary/aromatic N) is 3. The molecule has 2 saturated heterocycles. The van der Waals surface area contributed by atoms with E-state index in [4.69, 9.17) is 33.9 Å². The fourth-order valence-electron chi connectivity index (χ4n) is 8.90. The van der Waals surface area contributed by atoms with Crippen molar-refractivity contribution in [1.82, 2.24) is 4.90 Å². The number of cyclic esters (lactones) is 1. The van der Waals surface area contributed by atoms with Gasteiger partial charge in [0.1, 0.15) is 23.9 Å². The highest BCUT2D eigenvalue weighted by atomic mass is 16.7. The van der Waals surface area contributed by atoms with Crippen molar-refractivity contribution >= 4 is 23.4 Å². The Labute approximate surface area is 351 Å². The molecule has 59 heavy (non-hydrogen) atoms. The first-order valence-corrected chi connectivity index (χ1v) is 20.9. The number of rotatable bonds is 9. The molecule has 0 aromatic heterocycles. The summed E-state index contributed by atoms with van der Waals surface area (Å²) in [6.45, 7) is 17.2. The number of carbonyl (C=O) groups excluding carboxylic acids is 2. The second-order valence-electron chi connectivity index (χ2n) is 17.4. The Hall–Kier alpha value is -3.56. The lowest BCUT2D eigenvalue weighted by Crippen LogP contribution is -2.60. The Morgan fingerprint density at radius 1 is 0.949 bits per heavy atom. The molecule has 13 nitrogen and oxygen atoms in total. The summed E-state index contributed by atoms with van der Waals surface area (Å²) in [6.07, 6.45) is -6.07. The van der Waals surface area contributed by atoms with Crippen molar-refractivity contribution in [2.75, 3.05) is 21.2 Å². The largest absolute Gasteiger partial charge is 0.461 e. The maximum Gasteiger partial charge on any atom is 0.312 e. The fourth-order valence-corrected chi connectivity index (χ4v) is 8.90. The second kappa shape index (κ2) is 20.3. The molecule has 3 N–H and O–H groups in total. The molecular formula is C46H69N3O10. The lowest BCUT2D eigenvalue weighted by molar-refractivity contribution is -0.301. The Bertz CT molecular complexity index is 1750. The first-order chi connectivity index (χ1) is 27.7. The highest BCUT2D eigenvalue weighted by Crippen LogP contribution is 2.40. The van der Waals surface area contributed by atoms with E-state index in [9.17, 15) is 24.9 Å². The average Bonchev–Trinajstić information content (AvgIpc) is 3.20. The molecular weight excluding hydrogens is 755 g/mol. The van der Waals surface area contributed by atoms with Gasteiger partial charge >= 0.3 is 11.9 Å². The van der Waals surface area contributed by atoms with Crippen LogP contribution in [0.25, 0.3) is 11.1 Å². The molecule has 2 fully saturated rings. The van der Waals surface area contributed by atoms with Crippen LogP contribution in [0.1, 0.15) is 94.1 Å². The van der Waals surface area contributed by atoms with Gasteiger partial charge in [0.05, 0.1) is 35.5 Å². The second-order valence-corrected chi connectivity index (χ2v) is 17.4. The minimum absolute atomic E-state index is 0.177. The van der Waals surface area contributed by atoms with Gasteiger partial charge in [-0.25, -0.2) is 0 Å². The molecule has 2 aliphatic heterocycles. The predicted octanol–water partition coefficient (Wildman–Crippen LogP) is 6.05. The number of methoxy groups -OCH3 is 1. The number of hydrogen-bond donors (Lipinski definition) is 3. The van der Waals surface area contributed by atoms with E-state index in [2.05, 4.69) is 12.1 Å². The molecule has 328 valence electrons. The molecule has 2 aromatic rings. The molecule has 4 rings (SSSR count). The van der Waals surface area contributed by atoms with E-state index >= 15 is 0 Å². The number of benzene rings is 2. The maximum absolute atomic E-state index is 14.0. The summed E-state index contributed by atoms with van der Waals surface area (Å²) in [5.74, 6) is -4.39. The molecule has 2 aromatic carbocycles. The molecule has 14 unspecified atom stereocenters. The first-order valence-electron chi connectivity index (χ1n) is 20.9. The summed E-state index contributed by atoms with van der Waals surface area (Å²) >= 11 is 0. The monoisotopic (exact) mass is 823 g/mol. The topological polar surface area (TPSA) is 169 Å². The van der Waals surface area contributed by atoms with Crippen LogP contribution in [0.5, 0.6) is 0 Å². The molecule has 0 aliphatic carbocycles. The molecule has 2 aliphatic rings. The standard InChI is InChI=1S/C46H69N3O10/c1-14-37-46(10,54)41(52)28(4)38(48-47-31(7)33-20-22-35(23-21-33)34-18-16-15-17-19-34)26(2)25-45(9,55-13)42(29(5)40(57-32(8)50)30(6)43(53)58-37)59-44-39(51)36(49(11)12)24-27(3)56-44/h15-23,26-30,36-37,39-42,44,51-52,54H,14,24-25H2,1-13H3. The van der Waals surface area contributed by atoms with Crippen molar-refractivity contribution < 1.29 is 48.6 Å². The van der Waals surface area contributed by atoms with Gasteiger partial charge in [-0.15, -0.1) is 0 Å². The Balaban J connectivity index is 1.88. The van der Waals surface area contributed by atoms with Gasteiger partial charge in [0.2, 0.25) is 0 Å². The van der Waals surface area contributed by atoms with Crippen LogP contribution in [0.4, 0.5) is 0 Å². The van der Waals surface area contributed by atoms with E-state index in [1.165, 1.54) is 13.8 Å². The van der Waals surface area contributed by atoms with Crippen LogP contribution in [0.15, 0.2) is 64.8 Å². The van der Waals surface area contributed by atoms with Crippen molar-refractivity contribution in [3.05, 3.63) is 60.2 Å². The summed E-state index contributed by atoms with van der Waals surface area (Å²) in [5.41, 5.74) is 0.968. The quantitative estimate of drug-likeness (QED) is 0.153. The van der Waals surface area contributed by atoms with Gasteiger partial charge in [-0.3, -0.25) is 9.59 Å². The van der Waals surface area contributed by atoms with Crippen LogP contribution in [0.2, 0.25) is 0 Å². The number of carbonyl (C=O) groups is 2. The molecule has 0 radical (unpaired) electrons. The third-order valence-corrected chi connectivity index (χ3v) is 12.5. The van der Waals surface area contributed by atoms with Crippen LogP contribution in [-0.4, -0.2) is 125 Å². The molecule has 0 spiro atoms. The van der Waals surface area contributed by atoms with E-state index in [0.717, 1.165) is 16.7 Å². The van der Waals surface area contributed by atoms with Gasteiger partial charge in [0, 0.05) is 37.6 Å². The Kier molecular flexibility index (Phi) is 16.6. The van der Waals surface area contributed by atoms with E-state index < -0.39 is 83.6 Å². The maximum atomic E-state index is 14.0. The average molecular weight is 824 g/mol. The zero-order valence-corrected chi connectivity index (χ0v) is 37.3. The summed E-state index contributed by atoms with van der Waals surface area (Å²) < 4.78 is 31.4.